The van der Waals surface area contributed by atoms with E-state index >= 15 is 0 Å². The van der Waals surface area contributed by atoms with Gasteiger partial charge < -0.3 is 5.11 Å². The van der Waals surface area contributed by atoms with E-state index in [1.165, 1.54) is 12.1 Å². The molecule has 0 aliphatic heterocycles. The molecule has 0 saturated carbocycles. The first-order valence-corrected chi connectivity index (χ1v) is 7.14. The third-order valence-electron chi connectivity index (χ3n) is 0.967. The third-order valence-corrected chi connectivity index (χ3v) is 0.967. The molecule has 98 valence electrons. The summed E-state index contributed by atoms with van der Waals surface area (Å²) in [4.78, 5) is 9.59. The van der Waals surface area contributed by atoms with Gasteiger partial charge in [-0.3, -0.25) is 10.1 Å². The molecule has 0 amide bonds. The lowest BCUT2D eigenvalue weighted by molar-refractivity contribution is -0.384. The molecular weight excluding hydrogens is 270 g/mol. The maximum Gasteiger partial charge on any atom is 0.269 e. The van der Waals surface area contributed by atoms with Crippen LogP contribution in [0.15, 0.2) is 30.3 Å². The molecule has 0 saturated heterocycles. The molecule has 8 heteroatoms. The van der Waals surface area contributed by atoms with Gasteiger partial charge in [0.15, 0.2) is 0 Å². The minimum atomic E-state index is -3.19. The number of nitrogens with zero attached hydrogens (tertiary/aromatic N) is 1. The first-order chi connectivity index (χ1) is 7.72. The van der Waals surface area contributed by atoms with Gasteiger partial charge in [0.25, 0.3) is 5.69 Å². The molecule has 0 fully saturated rings. The Kier molecular flexibility index (Phi) is 10.7. The van der Waals surface area contributed by atoms with Crippen molar-refractivity contribution in [2.45, 2.75) is 6.92 Å². The fourth-order valence-electron chi connectivity index (χ4n) is 0.550. The minimum Gasteiger partial charge on any atom is -0.397 e. The number of non-ortho nitro benzene ring substituents is 1. The highest BCUT2D eigenvalue weighted by atomic mass is 35.7. The van der Waals surface area contributed by atoms with Crippen LogP contribution < -0.4 is 0 Å². The van der Waals surface area contributed by atoms with Crippen molar-refractivity contribution in [1.29, 1.82) is 0 Å². The minimum absolute atomic E-state index is 0.137. The van der Waals surface area contributed by atoms with Crippen LogP contribution in [-0.4, -0.2) is 31.3 Å². The molecule has 1 rings (SSSR count). The number of aliphatic hydroxyl groups is 1. The van der Waals surface area contributed by atoms with Crippen molar-refractivity contribution in [3.8, 4) is 0 Å². The predicted molar refractivity (Wildman–Crippen MR) is 66.6 cm³/mol. The quantitative estimate of drug-likeness (QED) is 0.481. The summed E-state index contributed by atoms with van der Waals surface area (Å²) in [7, 11) is 1.31. The van der Waals surface area contributed by atoms with Gasteiger partial charge in [-0.05, 0) is 6.92 Å². The van der Waals surface area contributed by atoms with E-state index in [1.807, 2.05) is 0 Å². The van der Waals surface area contributed by atoms with E-state index in [0.717, 1.165) is 6.26 Å². The molecule has 1 aromatic carbocycles. The van der Waals surface area contributed by atoms with Crippen molar-refractivity contribution in [2.75, 3.05) is 12.9 Å². The number of halogens is 1. The zero-order chi connectivity index (χ0) is 13.9. The molecule has 0 radical (unpaired) electrons. The number of rotatable bonds is 1. The van der Waals surface area contributed by atoms with E-state index in [9.17, 15) is 18.5 Å². The molecule has 17 heavy (non-hydrogen) atoms. The van der Waals surface area contributed by atoms with Gasteiger partial charge in [-0.1, -0.05) is 18.2 Å². The van der Waals surface area contributed by atoms with Crippen LogP contribution in [0.4, 0.5) is 5.69 Å². The van der Waals surface area contributed by atoms with Crippen molar-refractivity contribution in [3.63, 3.8) is 0 Å². The molecule has 1 N–H and O–H groups in total. The lowest BCUT2D eigenvalue weighted by Gasteiger charge is -1.85. The molecule has 0 unspecified atom stereocenters. The Labute approximate surface area is 104 Å². The van der Waals surface area contributed by atoms with Crippen LogP contribution in [0.2, 0.25) is 0 Å². The highest BCUT2D eigenvalue weighted by Gasteiger charge is 1.98. The Bertz CT molecular complexity index is 399. The van der Waals surface area contributed by atoms with Gasteiger partial charge in [-0.15, -0.1) is 0 Å². The molecule has 0 spiro atoms. The maximum absolute atomic E-state index is 10.0. The van der Waals surface area contributed by atoms with Gasteiger partial charge in [0, 0.05) is 29.4 Å². The average molecular weight is 284 g/mol. The van der Waals surface area contributed by atoms with Gasteiger partial charge in [-0.2, -0.15) is 0 Å². The lowest BCUT2D eigenvalue weighted by atomic mass is 10.3. The van der Waals surface area contributed by atoms with Crippen LogP contribution >= 0.6 is 10.7 Å². The molecule has 0 bridgehead atoms. The number of nitro groups is 1. The van der Waals surface area contributed by atoms with Crippen LogP contribution in [0, 0.1) is 10.1 Å². The van der Waals surface area contributed by atoms with E-state index in [0.29, 0.717) is 0 Å². The standard InChI is InChI=1S/C6H5NO2.C2H6O.CH3ClO2S/c8-7(9)6-4-2-1-3-5-6;1-2-3;1-5(2,3)4/h1-5H;3H,2H2,1H3;1H3. The van der Waals surface area contributed by atoms with E-state index in [4.69, 9.17) is 5.11 Å². The maximum atomic E-state index is 10.0. The van der Waals surface area contributed by atoms with Gasteiger partial charge in [0.05, 0.1) is 11.2 Å². The average Bonchev–Trinajstić information content (AvgIpc) is 2.17. The molecule has 6 nitrogen and oxygen atoms in total. The van der Waals surface area contributed by atoms with E-state index in [1.54, 1.807) is 25.1 Å². The molecular formula is C9H14ClNO5S. The monoisotopic (exact) mass is 283 g/mol. The topological polar surface area (TPSA) is 97.5 Å². The highest BCUT2D eigenvalue weighted by molar-refractivity contribution is 8.13. The zero-order valence-corrected chi connectivity index (χ0v) is 11.0. The number of benzene rings is 1. The summed E-state index contributed by atoms with van der Waals surface area (Å²) < 4.78 is 18.8. The van der Waals surface area contributed by atoms with E-state index in [2.05, 4.69) is 10.7 Å². The Hall–Kier alpha value is -1.18. The van der Waals surface area contributed by atoms with Crippen molar-refractivity contribution in [3.05, 3.63) is 40.4 Å². The fourth-order valence-corrected chi connectivity index (χ4v) is 0.550. The highest BCUT2D eigenvalue weighted by Crippen LogP contribution is 2.06. The number of nitro benzene ring substituents is 1. The van der Waals surface area contributed by atoms with Gasteiger partial charge >= 0.3 is 0 Å². The number of hydrogen-bond acceptors (Lipinski definition) is 5. The summed E-state index contributed by atoms with van der Waals surface area (Å²) in [6.45, 7) is 1.93. The fraction of sp³-hybridized carbons (Fsp3) is 0.333. The summed E-state index contributed by atoms with van der Waals surface area (Å²) in [5, 5.41) is 17.6. The Morgan fingerprint density at radius 1 is 1.35 bits per heavy atom. The molecule has 0 aliphatic rings. The SMILES string of the molecule is CCO.CS(=O)(=O)Cl.O=[N+]([O-])c1ccccc1. The van der Waals surface area contributed by atoms with Crippen LogP contribution in [0.1, 0.15) is 6.92 Å². The van der Waals surface area contributed by atoms with E-state index < -0.39 is 14.0 Å². The Morgan fingerprint density at radius 3 is 1.82 bits per heavy atom. The molecule has 0 aromatic heterocycles. The first-order valence-electron chi connectivity index (χ1n) is 4.42. The Balaban J connectivity index is 0. The number of para-hydroxylation sites is 1. The van der Waals surface area contributed by atoms with Crippen molar-refractivity contribution < 1.29 is 18.4 Å². The molecule has 1 aromatic rings. The van der Waals surface area contributed by atoms with Crippen molar-refractivity contribution >= 4 is 25.4 Å². The van der Waals surface area contributed by atoms with Crippen molar-refractivity contribution in [2.24, 2.45) is 0 Å². The smallest absolute Gasteiger partial charge is 0.269 e. The Morgan fingerprint density at radius 2 is 1.65 bits per heavy atom. The second kappa shape index (κ2) is 10.0. The number of hydrogen-bond donors (Lipinski definition) is 1. The van der Waals surface area contributed by atoms with Crippen molar-refractivity contribution in [1.82, 2.24) is 0 Å². The first kappa shape index (κ1) is 18.2. The normalized spacial score (nSPS) is 9.18. The molecule has 0 atom stereocenters. The predicted octanol–water partition coefficient (Wildman–Crippen LogP) is 1.78. The van der Waals surface area contributed by atoms with E-state index in [-0.39, 0.29) is 12.3 Å². The van der Waals surface area contributed by atoms with Gasteiger partial charge in [-0.25, -0.2) is 8.42 Å². The van der Waals surface area contributed by atoms with Crippen LogP contribution in [-0.2, 0) is 9.05 Å². The summed E-state index contributed by atoms with van der Waals surface area (Å²) in [5.41, 5.74) is 0.137. The summed E-state index contributed by atoms with van der Waals surface area (Å²) in [6, 6.07) is 7.93. The summed E-state index contributed by atoms with van der Waals surface area (Å²) in [6.07, 6.45) is 0.925. The second-order valence-electron chi connectivity index (χ2n) is 2.59. The van der Waals surface area contributed by atoms with Crippen LogP contribution in [0.25, 0.3) is 0 Å². The van der Waals surface area contributed by atoms with Crippen LogP contribution in [0.5, 0.6) is 0 Å². The van der Waals surface area contributed by atoms with Crippen LogP contribution in [0.3, 0.4) is 0 Å². The molecule has 0 aliphatic carbocycles. The summed E-state index contributed by atoms with van der Waals surface area (Å²) >= 11 is 0. The number of aliphatic hydroxyl groups excluding tert-OH is 1. The summed E-state index contributed by atoms with van der Waals surface area (Å²) in [5.74, 6) is 0. The zero-order valence-electron chi connectivity index (χ0n) is 9.41. The largest absolute Gasteiger partial charge is 0.397 e. The van der Waals surface area contributed by atoms with Gasteiger partial charge in [0.2, 0.25) is 9.05 Å². The second-order valence-corrected chi connectivity index (χ2v) is 5.64. The molecule has 0 heterocycles. The lowest BCUT2D eigenvalue weighted by Crippen LogP contribution is -1.84. The van der Waals surface area contributed by atoms with Gasteiger partial charge in [0.1, 0.15) is 0 Å². The third kappa shape index (κ3) is 20.8.